The molecule has 0 radical (unpaired) electrons. The minimum atomic E-state index is -0.216. The van der Waals surface area contributed by atoms with Crippen LogP contribution in [0.1, 0.15) is 60.9 Å². The van der Waals surface area contributed by atoms with Gasteiger partial charge < -0.3 is 14.5 Å². The molecule has 4 saturated carbocycles. The molecule has 0 spiro atoms. The van der Waals surface area contributed by atoms with Crippen LogP contribution in [-0.4, -0.2) is 28.8 Å². The number of benzene rings is 1. The molecule has 6 rings (SSSR count). The quantitative estimate of drug-likeness (QED) is 0.658. The Bertz CT molecular complexity index is 979. The van der Waals surface area contributed by atoms with E-state index in [9.17, 15) is 9.59 Å². The molecule has 29 heavy (non-hydrogen) atoms. The molecule has 1 N–H and O–H groups in total. The first kappa shape index (κ1) is 18.9. The molecule has 2 aromatic rings. The number of aromatic nitrogens is 1. The Hall–Kier alpha value is -2.05. The normalized spacial score (nSPS) is 27.0. The van der Waals surface area contributed by atoms with E-state index in [1.54, 1.807) is 18.2 Å². The summed E-state index contributed by atoms with van der Waals surface area (Å²) in [5.41, 5.74) is -0.208. The Kier molecular flexibility index (Phi) is 4.40. The number of hydrogen-bond acceptors (Lipinski definition) is 5. The molecule has 0 unspecified atom stereocenters. The van der Waals surface area contributed by atoms with Crippen LogP contribution in [0, 0.1) is 5.41 Å². The number of nitrogens with zero attached hydrogens (tertiary/aromatic N) is 1. The van der Waals surface area contributed by atoms with Crippen LogP contribution in [0.2, 0.25) is 10.0 Å². The maximum absolute atomic E-state index is 12.4. The molecule has 0 atom stereocenters. The number of Topliss-reactive ketones (excluding diaryl/α,β-unsaturated/α-hetero) is 1. The molecule has 0 aliphatic heterocycles. The van der Waals surface area contributed by atoms with Crippen LogP contribution in [0.15, 0.2) is 28.8 Å². The number of carbonyl (C=O) groups excluding carboxylic acids is 2. The van der Waals surface area contributed by atoms with Gasteiger partial charge in [-0.3, -0.25) is 9.59 Å². The standard InChI is InChI=1S/C21H20Cl2N2O4/c22-15-4-3-14(5-16(15)23)28-8-13(26)6-20-9-21(10-20,11-20)25-18(27)17-7-24-19(29-17)12-1-2-12/h3-5,7,12H,1-2,6,8-11H2,(H,25,27). The van der Waals surface area contributed by atoms with Gasteiger partial charge in [-0.25, -0.2) is 4.98 Å². The van der Waals surface area contributed by atoms with Gasteiger partial charge in [-0.1, -0.05) is 23.2 Å². The first-order valence-corrected chi connectivity index (χ1v) is 10.5. The molecule has 152 valence electrons. The summed E-state index contributed by atoms with van der Waals surface area (Å²) in [6.45, 7) is 0.00107. The number of ether oxygens (including phenoxy) is 1. The summed E-state index contributed by atoms with van der Waals surface area (Å²) in [5, 5.41) is 3.91. The maximum atomic E-state index is 12.4. The number of oxazole rings is 1. The molecular formula is C21H20Cl2N2O4. The maximum Gasteiger partial charge on any atom is 0.289 e. The molecule has 4 fully saturated rings. The number of ketones is 1. The van der Waals surface area contributed by atoms with Crippen molar-refractivity contribution < 1.29 is 18.7 Å². The second-order valence-electron chi connectivity index (χ2n) is 8.68. The van der Waals surface area contributed by atoms with Gasteiger partial charge in [-0.2, -0.15) is 0 Å². The van der Waals surface area contributed by atoms with Crippen molar-refractivity contribution in [1.82, 2.24) is 10.3 Å². The SMILES string of the molecule is O=C(COc1ccc(Cl)c(Cl)c1)CC12CC(NC(=O)c3cnc(C4CC4)o3)(C1)C2. The van der Waals surface area contributed by atoms with E-state index in [0.717, 1.165) is 32.1 Å². The summed E-state index contributed by atoms with van der Waals surface area (Å²) in [6, 6.07) is 4.92. The van der Waals surface area contributed by atoms with Crippen LogP contribution >= 0.6 is 23.2 Å². The minimum absolute atomic E-state index is 0.00107. The van der Waals surface area contributed by atoms with Gasteiger partial charge in [-0.05, 0) is 49.7 Å². The van der Waals surface area contributed by atoms with Crippen LogP contribution in [-0.2, 0) is 4.79 Å². The van der Waals surface area contributed by atoms with Crippen LogP contribution < -0.4 is 10.1 Å². The molecule has 1 amide bonds. The molecule has 1 aromatic heterocycles. The van der Waals surface area contributed by atoms with E-state index in [-0.39, 0.29) is 35.0 Å². The van der Waals surface area contributed by atoms with E-state index in [4.69, 9.17) is 32.4 Å². The second-order valence-corrected chi connectivity index (χ2v) is 9.50. The van der Waals surface area contributed by atoms with Crippen molar-refractivity contribution in [2.45, 2.75) is 50.0 Å². The number of nitrogens with one attached hydrogen (secondary N) is 1. The molecule has 0 saturated heterocycles. The van der Waals surface area contributed by atoms with Gasteiger partial charge in [0.15, 0.2) is 11.7 Å². The molecule has 6 nitrogen and oxygen atoms in total. The van der Waals surface area contributed by atoms with Gasteiger partial charge in [0.05, 0.1) is 16.2 Å². The zero-order valence-electron chi connectivity index (χ0n) is 15.7. The van der Waals surface area contributed by atoms with E-state index >= 15 is 0 Å². The van der Waals surface area contributed by atoms with Gasteiger partial charge in [-0.15, -0.1) is 0 Å². The Morgan fingerprint density at radius 1 is 1.21 bits per heavy atom. The first-order chi connectivity index (χ1) is 13.9. The lowest BCUT2D eigenvalue weighted by Crippen LogP contribution is -2.75. The van der Waals surface area contributed by atoms with Gasteiger partial charge in [0, 0.05) is 23.9 Å². The van der Waals surface area contributed by atoms with E-state index in [2.05, 4.69) is 10.3 Å². The van der Waals surface area contributed by atoms with Crippen molar-refractivity contribution in [1.29, 1.82) is 0 Å². The Morgan fingerprint density at radius 2 is 1.97 bits per heavy atom. The first-order valence-electron chi connectivity index (χ1n) is 9.73. The summed E-state index contributed by atoms with van der Waals surface area (Å²) in [7, 11) is 0. The van der Waals surface area contributed by atoms with Crippen molar-refractivity contribution in [2.75, 3.05) is 6.61 Å². The Morgan fingerprint density at radius 3 is 2.66 bits per heavy atom. The fraction of sp³-hybridized carbons (Fsp3) is 0.476. The van der Waals surface area contributed by atoms with Gasteiger partial charge >= 0.3 is 0 Å². The van der Waals surface area contributed by atoms with E-state index < -0.39 is 0 Å². The van der Waals surface area contributed by atoms with Crippen molar-refractivity contribution in [3.05, 3.63) is 46.1 Å². The van der Waals surface area contributed by atoms with Crippen molar-refractivity contribution in [3.63, 3.8) is 0 Å². The number of rotatable bonds is 8. The lowest BCUT2D eigenvalue weighted by atomic mass is 9.38. The Balaban J connectivity index is 1.08. The van der Waals surface area contributed by atoms with Crippen LogP contribution in [0.25, 0.3) is 0 Å². The average Bonchev–Trinajstić information content (AvgIpc) is 3.36. The average molecular weight is 435 g/mol. The molecule has 1 aromatic carbocycles. The molecular weight excluding hydrogens is 415 g/mol. The molecule has 8 heteroatoms. The fourth-order valence-corrected chi connectivity index (χ4v) is 5.02. The Labute approximate surface area is 177 Å². The largest absolute Gasteiger partial charge is 0.486 e. The predicted molar refractivity (Wildman–Crippen MR) is 107 cm³/mol. The van der Waals surface area contributed by atoms with Gasteiger partial charge in [0.2, 0.25) is 5.76 Å². The topological polar surface area (TPSA) is 81.4 Å². The molecule has 2 bridgehead atoms. The third-order valence-corrected chi connectivity index (χ3v) is 6.79. The van der Waals surface area contributed by atoms with Crippen LogP contribution in [0.5, 0.6) is 5.75 Å². The van der Waals surface area contributed by atoms with Gasteiger partial charge in [0.25, 0.3) is 5.91 Å². The highest BCUT2D eigenvalue weighted by atomic mass is 35.5. The summed E-state index contributed by atoms with van der Waals surface area (Å²) in [5.74, 6) is 1.67. The van der Waals surface area contributed by atoms with Crippen LogP contribution in [0.3, 0.4) is 0 Å². The third-order valence-electron chi connectivity index (χ3n) is 6.06. The van der Waals surface area contributed by atoms with Crippen molar-refractivity contribution >= 4 is 34.9 Å². The van der Waals surface area contributed by atoms with Crippen molar-refractivity contribution in [3.8, 4) is 5.75 Å². The van der Waals surface area contributed by atoms with Gasteiger partial charge in [0.1, 0.15) is 12.4 Å². The molecule has 4 aliphatic rings. The summed E-state index contributed by atoms with van der Waals surface area (Å²) in [6.07, 6.45) is 6.57. The number of halogens is 2. The van der Waals surface area contributed by atoms with Crippen molar-refractivity contribution in [2.24, 2.45) is 5.41 Å². The zero-order valence-corrected chi connectivity index (χ0v) is 17.2. The zero-order chi connectivity index (χ0) is 20.2. The van der Waals surface area contributed by atoms with E-state index in [0.29, 0.717) is 34.0 Å². The highest BCUT2D eigenvalue weighted by Gasteiger charge is 2.68. The summed E-state index contributed by atoms with van der Waals surface area (Å²) < 4.78 is 11.1. The molecule has 1 heterocycles. The lowest BCUT2D eigenvalue weighted by Gasteiger charge is -2.70. The monoisotopic (exact) mass is 434 g/mol. The lowest BCUT2D eigenvalue weighted by molar-refractivity contribution is -0.162. The van der Waals surface area contributed by atoms with Crippen LogP contribution in [0.4, 0.5) is 0 Å². The number of carbonyl (C=O) groups is 2. The summed E-state index contributed by atoms with van der Waals surface area (Å²) in [4.78, 5) is 28.9. The number of amides is 1. The third kappa shape index (κ3) is 3.64. The predicted octanol–water partition coefficient (Wildman–Crippen LogP) is 4.55. The fourth-order valence-electron chi connectivity index (χ4n) is 4.73. The minimum Gasteiger partial charge on any atom is -0.486 e. The highest BCUT2D eigenvalue weighted by molar-refractivity contribution is 6.42. The summed E-state index contributed by atoms with van der Waals surface area (Å²) >= 11 is 11.8. The highest BCUT2D eigenvalue weighted by Crippen LogP contribution is 2.69. The van der Waals surface area contributed by atoms with E-state index in [1.165, 1.54) is 6.20 Å². The smallest absolute Gasteiger partial charge is 0.289 e. The second kappa shape index (κ2) is 6.74. The molecule has 4 aliphatic carbocycles. The van der Waals surface area contributed by atoms with E-state index in [1.807, 2.05) is 0 Å². The number of hydrogen-bond donors (Lipinski definition) is 1.